The molecular formula is C25H27FN4O3. The fraction of sp³-hybridized carbons (Fsp3) is 0.200. The number of amides is 4. The molecule has 0 atom stereocenters. The van der Waals surface area contributed by atoms with E-state index in [1.54, 1.807) is 30.3 Å². The molecule has 3 aromatic rings. The van der Waals surface area contributed by atoms with Crippen molar-refractivity contribution in [3.8, 4) is 5.75 Å². The molecule has 0 radical (unpaired) electrons. The van der Waals surface area contributed by atoms with Crippen molar-refractivity contribution in [1.29, 1.82) is 0 Å². The molecule has 0 saturated carbocycles. The van der Waals surface area contributed by atoms with Crippen LogP contribution >= 0.6 is 0 Å². The number of benzene rings is 3. The van der Waals surface area contributed by atoms with Crippen LogP contribution in [-0.2, 0) is 0 Å². The largest absolute Gasteiger partial charge is 0.494 e. The van der Waals surface area contributed by atoms with E-state index in [-0.39, 0.29) is 19.1 Å². The van der Waals surface area contributed by atoms with Crippen LogP contribution < -0.4 is 25.6 Å². The number of aryl methyl sites for hydroxylation is 1. The van der Waals surface area contributed by atoms with Gasteiger partial charge in [0.2, 0.25) is 0 Å². The highest BCUT2D eigenvalue weighted by molar-refractivity contribution is 6.01. The predicted molar refractivity (Wildman–Crippen MR) is 129 cm³/mol. The molecule has 0 fully saturated rings. The first-order valence-corrected chi connectivity index (χ1v) is 10.6. The number of carbonyl (C=O) groups excluding carboxylic acids is 2. The second-order valence-corrected chi connectivity index (χ2v) is 7.27. The van der Waals surface area contributed by atoms with Gasteiger partial charge in [-0.1, -0.05) is 12.1 Å². The molecule has 7 nitrogen and oxygen atoms in total. The van der Waals surface area contributed by atoms with Crippen molar-refractivity contribution in [3.05, 3.63) is 84.2 Å². The standard InChI is InChI=1S/C25H27FN4O3/c1-3-33-23-13-9-20(10-14-23)28-24(31)27-15-16-30(22-11-7-19(26)8-12-22)25(32)29-21-6-4-5-18(2)17-21/h4-14,17H,3,15-16H2,1-2H3,(H,29,32)(H2,27,28,31). The number of ether oxygens (including phenoxy) is 1. The molecule has 3 rings (SSSR count). The van der Waals surface area contributed by atoms with Crippen molar-refractivity contribution in [2.24, 2.45) is 0 Å². The first-order valence-electron chi connectivity index (χ1n) is 10.6. The molecule has 0 aliphatic heterocycles. The summed E-state index contributed by atoms with van der Waals surface area (Å²) in [6.45, 7) is 4.76. The number of nitrogens with one attached hydrogen (secondary N) is 3. The summed E-state index contributed by atoms with van der Waals surface area (Å²) in [6.07, 6.45) is 0. The van der Waals surface area contributed by atoms with E-state index in [9.17, 15) is 14.0 Å². The summed E-state index contributed by atoms with van der Waals surface area (Å²) in [6, 6.07) is 19.3. The van der Waals surface area contributed by atoms with Crippen LogP contribution in [0.2, 0.25) is 0 Å². The number of hydrogen-bond donors (Lipinski definition) is 3. The van der Waals surface area contributed by atoms with Crippen molar-refractivity contribution in [2.45, 2.75) is 13.8 Å². The van der Waals surface area contributed by atoms with Crippen molar-refractivity contribution < 1.29 is 18.7 Å². The number of hydrogen-bond acceptors (Lipinski definition) is 3. The Morgan fingerprint density at radius 3 is 2.33 bits per heavy atom. The van der Waals surface area contributed by atoms with Gasteiger partial charge in [0.15, 0.2) is 0 Å². The fourth-order valence-electron chi connectivity index (χ4n) is 3.14. The molecule has 3 N–H and O–H groups in total. The molecule has 3 aromatic carbocycles. The van der Waals surface area contributed by atoms with Gasteiger partial charge in [0.05, 0.1) is 6.61 Å². The van der Waals surface area contributed by atoms with Gasteiger partial charge in [-0.3, -0.25) is 4.90 Å². The summed E-state index contributed by atoms with van der Waals surface area (Å²) in [4.78, 5) is 26.6. The van der Waals surface area contributed by atoms with Crippen LogP contribution in [0.5, 0.6) is 5.75 Å². The van der Waals surface area contributed by atoms with Crippen molar-refractivity contribution in [3.63, 3.8) is 0 Å². The fourth-order valence-corrected chi connectivity index (χ4v) is 3.14. The molecule has 0 spiro atoms. The van der Waals surface area contributed by atoms with Crippen molar-refractivity contribution >= 4 is 29.1 Å². The molecule has 0 saturated heterocycles. The van der Waals surface area contributed by atoms with Gasteiger partial charge in [-0.2, -0.15) is 0 Å². The number of urea groups is 2. The first kappa shape index (κ1) is 23.6. The topological polar surface area (TPSA) is 82.7 Å². The van der Waals surface area contributed by atoms with Crippen LogP contribution in [0.4, 0.5) is 31.0 Å². The maximum atomic E-state index is 13.4. The summed E-state index contributed by atoms with van der Waals surface area (Å²) < 4.78 is 18.8. The van der Waals surface area contributed by atoms with Gasteiger partial charge in [0, 0.05) is 30.2 Å². The number of nitrogens with zero attached hydrogens (tertiary/aromatic N) is 1. The molecule has 33 heavy (non-hydrogen) atoms. The van der Waals surface area contributed by atoms with E-state index in [0.29, 0.717) is 23.7 Å². The van der Waals surface area contributed by atoms with Gasteiger partial charge in [0.25, 0.3) is 0 Å². The molecule has 0 heterocycles. The third-order valence-electron chi connectivity index (χ3n) is 4.70. The lowest BCUT2D eigenvalue weighted by Crippen LogP contribution is -2.42. The third-order valence-corrected chi connectivity index (χ3v) is 4.70. The molecule has 0 unspecified atom stereocenters. The lowest BCUT2D eigenvalue weighted by molar-refractivity contribution is 0.250. The van der Waals surface area contributed by atoms with E-state index in [4.69, 9.17) is 4.74 Å². The normalized spacial score (nSPS) is 10.3. The molecule has 0 aliphatic carbocycles. The minimum Gasteiger partial charge on any atom is -0.494 e. The zero-order chi connectivity index (χ0) is 23.6. The second kappa shape index (κ2) is 11.5. The number of carbonyl (C=O) groups is 2. The quantitative estimate of drug-likeness (QED) is 0.430. The van der Waals surface area contributed by atoms with E-state index in [1.165, 1.54) is 29.2 Å². The minimum absolute atomic E-state index is 0.181. The molecule has 0 bridgehead atoms. The Morgan fingerprint density at radius 2 is 1.67 bits per heavy atom. The van der Waals surface area contributed by atoms with Crippen LogP contribution in [-0.4, -0.2) is 31.8 Å². The van der Waals surface area contributed by atoms with Gasteiger partial charge >= 0.3 is 12.1 Å². The van der Waals surface area contributed by atoms with E-state index in [0.717, 1.165) is 11.3 Å². The number of anilines is 3. The Bertz CT molecular complexity index is 1070. The van der Waals surface area contributed by atoms with Gasteiger partial charge in [-0.25, -0.2) is 14.0 Å². The highest BCUT2D eigenvalue weighted by atomic mass is 19.1. The smallest absolute Gasteiger partial charge is 0.326 e. The Labute approximate surface area is 192 Å². The Hall–Kier alpha value is -4.07. The van der Waals surface area contributed by atoms with E-state index >= 15 is 0 Å². The van der Waals surface area contributed by atoms with Crippen molar-refractivity contribution in [2.75, 3.05) is 35.2 Å². The van der Waals surface area contributed by atoms with E-state index < -0.39 is 11.8 Å². The summed E-state index contributed by atoms with van der Waals surface area (Å²) in [5.74, 6) is 0.323. The highest BCUT2D eigenvalue weighted by Gasteiger charge is 2.16. The zero-order valence-electron chi connectivity index (χ0n) is 18.6. The first-order chi connectivity index (χ1) is 15.9. The Balaban J connectivity index is 1.60. The van der Waals surface area contributed by atoms with Gasteiger partial charge in [-0.05, 0) is 80.1 Å². The summed E-state index contributed by atoms with van der Waals surface area (Å²) >= 11 is 0. The highest BCUT2D eigenvalue weighted by Crippen LogP contribution is 2.18. The monoisotopic (exact) mass is 450 g/mol. The molecular weight excluding hydrogens is 423 g/mol. The van der Waals surface area contributed by atoms with Gasteiger partial charge in [-0.15, -0.1) is 0 Å². The maximum Gasteiger partial charge on any atom is 0.326 e. The second-order valence-electron chi connectivity index (χ2n) is 7.27. The van der Waals surface area contributed by atoms with E-state index in [1.807, 2.05) is 32.0 Å². The van der Waals surface area contributed by atoms with Gasteiger partial charge < -0.3 is 20.7 Å². The Kier molecular flexibility index (Phi) is 8.24. The maximum absolute atomic E-state index is 13.4. The van der Waals surface area contributed by atoms with Crippen LogP contribution in [0.1, 0.15) is 12.5 Å². The van der Waals surface area contributed by atoms with Crippen LogP contribution in [0.15, 0.2) is 72.8 Å². The zero-order valence-corrected chi connectivity index (χ0v) is 18.6. The predicted octanol–water partition coefficient (Wildman–Crippen LogP) is 5.39. The molecule has 0 aromatic heterocycles. The van der Waals surface area contributed by atoms with Crippen molar-refractivity contribution in [1.82, 2.24) is 5.32 Å². The molecule has 4 amide bonds. The van der Waals surface area contributed by atoms with Crippen LogP contribution in [0.25, 0.3) is 0 Å². The molecule has 172 valence electrons. The minimum atomic E-state index is -0.405. The summed E-state index contributed by atoms with van der Waals surface area (Å²) in [5, 5.41) is 8.31. The third kappa shape index (κ3) is 7.24. The molecule has 0 aliphatic rings. The summed E-state index contributed by atoms with van der Waals surface area (Å²) in [5.41, 5.74) is 2.78. The van der Waals surface area contributed by atoms with Gasteiger partial charge in [0.1, 0.15) is 11.6 Å². The molecule has 8 heteroatoms. The average molecular weight is 451 g/mol. The number of halogens is 1. The lowest BCUT2D eigenvalue weighted by atomic mass is 10.2. The summed E-state index contributed by atoms with van der Waals surface area (Å²) in [7, 11) is 0. The lowest BCUT2D eigenvalue weighted by Gasteiger charge is -2.23. The van der Waals surface area contributed by atoms with Crippen LogP contribution in [0, 0.1) is 12.7 Å². The van der Waals surface area contributed by atoms with E-state index in [2.05, 4.69) is 16.0 Å². The Morgan fingerprint density at radius 1 is 0.939 bits per heavy atom. The SMILES string of the molecule is CCOc1ccc(NC(=O)NCCN(C(=O)Nc2cccc(C)c2)c2ccc(F)cc2)cc1. The van der Waals surface area contributed by atoms with Crippen LogP contribution in [0.3, 0.4) is 0 Å². The average Bonchev–Trinajstić information content (AvgIpc) is 2.79. The number of rotatable bonds is 8.